The van der Waals surface area contributed by atoms with E-state index in [9.17, 15) is 28.6 Å². The number of carboxylic acid groups (broad SMARTS) is 1. The Hall–Kier alpha value is -3.22. The van der Waals surface area contributed by atoms with Crippen molar-refractivity contribution in [3.8, 4) is 5.75 Å². The number of aromatic hydroxyl groups is 1. The molecule has 0 aliphatic carbocycles. The number of benzene rings is 2. The van der Waals surface area contributed by atoms with Crippen molar-refractivity contribution in [2.45, 2.75) is 26.7 Å². The van der Waals surface area contributed by atoms with Crippen LogP contribution in [0.3, 0.4) is 0 Å². The Labute approximate surface area is 159 Å². The van der Waals surface area contributed by atoms with Crippen LogP contribution in [0.25, 0.3) is 10.9 Å². The molecule has 0 radical (unpaired) electrons. The van der Waals surface area contributed by atoms with Crippen LogP contribution in [-0.2, 0) is 4.79 Å². The molecule has 0 saturated heterocycles. The number of fused-ring (bicyclic) bond motifs is 1. The molecule has 0 saturated carbocycles. The molecule has 1 aromatic heterocycles. The Morgan fingerprint density at radius 1 is 1.04 bits per heavy atom. The summed E-state index contributed by atoms with van der Waals surface area (Å²) in [4.78, 5) is 25.0. The first-order chi connectivity index (χ1) is 13.1. The lowest BCUT2D eigenvalue weighted by Crippen LogP contribution is -2.20. The maximum Gasteiger partial charge on any atom is 0.311 e. The van der Waals surface area contributed by atoms with Crippen LogP contribution in [-0.4, -0.2) is 26.7 Å². The number of phenols is 1. The van der Waals surface area contributed by atoms with Gasteiger partial charge in [0, 0.05) is 16.6 Å². The third kappa shape index (κ3) is 3.13. The summed E-state index contributed by atoms with van der Waals surface area (Å²) in [6.07, 6.45) is 0. The van der Waals surface area contributed by atoms with Gasteiger partial charge in [-0.25, -0.2) is 8.78 Å². The van der Waals surface area contributed by atoms with Crippen LogP contribution in [0.15, 0.2) is 36.4 Å². The van der Waals surface area contributed by atoms with Gasteiger partial charge in [0.05, 0.1) is 11.4 Å². The third-order valence-electron chi connectivity index (χ3n) is 4.85. The van der Waals surface area contributed by atoms with Gasteiger partial charge in [0.25, 0.3) is 5.91 Å². The molecule has 5 nitrogen and oxygen atoms in total. The number of aliphatic carboxylic acids is 1. The summed E-state index contributed by atoms with van der Waals surface area (Å²) >= 11 is 0. The number of aromatic nitrogens is 1. The van der Waals surface area contributed by atoms with E-state index in [1.807, 2.05) is 0 Å². The zero-order valence-corrected chi connectivity index (χ0v) is 15.5. The molecule has 0 bridgehead atoms. The lowest BCUT2D eigenvalue weighted by atomic mass is 9.86. The van der Waals surface area contributed by atoms with Crippen molar-refractivity contribution in [1.82, 2.24) is 4.57 Å². The summed E-state index contributed by atoms with van der Waals surface area (Å²) in [6, 6.07) is 7.13. The van der Waals surface area contributed by atoms with Crippen molar-refractivity contribution in [2.24, 2.45) is 5.92 Å². The highest BCUT2D eigenvalue weighted by Gasteiger charge is 2.31. The maximum absolute atomic E-state index is 13.6. The minimum absolute atomic E-state index is 0.0703. The number of nitrogens with zero attached hydrogens (tertiary/aromatic N) is 1. The fourth-order valence-corrected chi connectivity index (χ4v) is 3.59. The van der Waals surface area contributed by atoms with Crippen LogP contribution in [0.4, 0.5) is 8.78 Å². The molecule has 0 fully saturated rings. The van der Waals surface area contributed by atoms with Crippen molar-refractivity contribution in [1.29, 1.82) is 0 Å². The monoisotopic (exact) mass is 387 g/mol. The van der Waals surface area contributed by atoms with Crippen molar-refractivity contribution in [3.63, 3.8) is 0 Å². The summed E-state index contributed by atoms with van der Waals surface area (Å²) in [7, 11) is 0. The summed E-state index contributed by atoms with van der Waals surface area (Å²) in [6.45, 7) is 5.10. The van der Waals surface area contributed by atoms with E-state index in [4.69, 9.17) is 0 Å². The second kappa shape index (κ2) is 7.07. The quantitative estimate of drug-likeness (QED) is 0.693. The highest BCUT2D eigenvalue weighted by Crippen LogP contribution is 2.37. The van der Waals surface area contributed by atoms with Gasteiger partial charge in [0.2, 0.25) is 0 Å². The molecular weight excluding hydrogens is 368 g/mol. The van der Waals surface area contributed by atoms with E-state index in [0.717, 1.165) is 12.1 Å². The average Bonchev–Trinajstić information content (AvgIpc) is 2.88. The van der Waals surface area contributed by atoms with Gasteiger partial charge in [-0.3, -0.25) is 14.2 Å². The minimum atomic E-state index is -1.15. The molecule has 0 spiro atoms. The molecular formula is C21H19F2NO4. The van der Waals surface area contributed by atoms with Gasteiger partial charge in [-0.2, -0.15) is 0 Å². The summed E-state index contributed by atoms with van der Waals surface area (Å²) < 4.78 is 28.1. The fourth-order valence-electron chi connectivity index (χ4n) is 3.59. The van der Waals surface area contributed by atoms with Gasteiger partial charge in [0.1, 0.15) is 5.75 Å². The van der Waals surface area contributed by atoms with E-state index in [1.165, 1.54) is 28.8 Å². The van der Waals surface area contributed by atoms with Crippen molar-refractivity contribution in [2.75, 3.05) is 0 Å². The van der Waals surface area contributed by atoms with E-state index in [1.54, 1.807) is 20.8 Å². The van der Waals surface area contributed by atoms with Crippen molar-refractivity contribution >= 4 is 22.8 Å². The molecule has 1 atom stereocenters. The van der Waals surface area contributed by atoms with E-state index in [-0.39, 0.29) is 17.2 Å². The standard InChI is InChI=1S/C21H19F2NO4/c1-10(2)18(21(27)28)19-11(3)24(17-7-5-13(25)9-14(17)19)20(26)12-4-6-15(22)16(23)8-12/h4-10,18,25H,1-3H3,(H,27,28). The Morgan fingerprint density at radius 2 is 1.71 bits per heavy atom. The number of rotatable bonds is 4. The second-order valence-corrected chi connectivity index (χ2v) is 7.03. The smallest absolute Gasteiger partial charge is 0.311 e. The summed E-state index contributed by atoms with van der Waals surface area (Å²) in [5.74, 6) is -5.16. The third-order valence-corrected chi connectivity index (χ3v) is 4.85. The predicted molar refractivity (Wildman–Crippen MR) is 99.6 cm³/mol. The fraction of sp³-hybridized carbons (Fsp3) is 0.238. The second-order valence-electron chi connectivity index (χ2n) is 7.03. The number of carboxylic acids is 1. The van der Waals surface area contributed by atoms with Gasteiger partial charge in [0.15, 0.2) is 11.6 Å². The Balaban J connectivity index is 2.32. The average molecular weight is 387 g/mol. The van der Waals surface area contributed by atoms with Gasteiger partial charge >= 0.3 is 5.97 Å². The number of halogens is 2. The molecule has 0 aliphatic rings. The van der Waals surface area contributed by atoms with Gasteiger partial charge < -0.3 is 10.2 Å². The summed E-state index contributed by atoms with van der Waals surface area (Å²) in [5.41, 5.74) is 1.09. The van der Waals surface area contributed by atoms with Crippen LogP contribution >= 0.6 is 0 Å². The van der Waals surface area contributed by atoms with Crippen LogP contribution in [0.2, 0.25) is 0 Å². The highest BCUT2D eigenvalue weighted by atomic mass is 19.2. The topological polar surface area (TPSA) is 79.5 Å². The van der Waals surface area contributed by atoms with E-state index >= 15 is 0 Å². The SMILES string of the molecule is Cc1c(C(C(=O)O)C(C)C)c2cc(O)ccc2n1C(=O)c1ccc(F)c(F)c1. The number of hydrogen-bond donors (Lipinski definition) is 2. The molecule has 146 valence electrons. The van der Waals surface area contributed by atoms with Crippen LogP contribution in [0.1, 0.15) is 41.4 Å². The molecule has 0 aliphatic heterocycles. The number of carbonyl (C=O) groups is 2. The Morgan fingerprint density at radius 3 is 2.29 bits per heavy atom. The first kappa shape index (κ1) is 19.5. The molecule has 1 unspecified atom stereocenters. The lowest BCUT2D eigenvalue weighted by Gasteiger charge is -2.17. The molecule has 2 aromatic carbocycles. The highest BCUT2D eigenvalue weighted by molar-refractivity contribution is 6.05. The van der Waals surface area contributed by atoms with Crippen LogP contribution in [0, 0.1) is 24.5 Å². The molecule has 28 heavy (non-hydrogen) atoms. The molecule has 1 heterocycles. The van der Waals surface area contributed by atoms with E-state index in [0.29, 0.717) is 22.2 Å². The molecule has 2 N–H and O–H groups in total. The number of carbonyl (C=O) groups excluding carboxylic acids is 1. The molecule has 3 aromatic rings. The zero-order chi connectivity index (χ0) is 20.7. The minimum Gasteiger partial charge on any atom is -0.508 e. The van der Waals surface area contributed by atoms with E-state index < -0.39 is 29.4 Å². The van der Waals surface area contributed by atoms with Gasteiger partial charge in [-0.05, 0) is 54.8 Å². The summed E-state index contributed by atoms with van der Waals surface area (Å²) in [5, 5.41) is 20.1. The Kier molecular flexibility index (Phi) is 4.93. The van der Waals surface area contributed by atoms with Crippen molar-refractivity contribution < 1.29 is 28.6 Å². The molecule has 3 rings (SSSR count). The lowest BCUT2D eigenvalue weighted by molar-refractivity contribution is -0.139. The maximum atomic E-state index is 13.6. The van der Waals surface area contributed by atoms with Gasteiger partial charge in [-0.1, -0.05) is 13.8 Å². The Bertz CT molecular complexity index is 1100. The van der Waals surface area contributed by atoms with Crippen molar-refractivity contribution in [3.05, 3.63) is 64.9 Å². The number of hydrogen-bond acceptors (Lipinski definition) is 3. The predicted octanol–water partition coefficient (Wildman–Crippen LogP) is 4.45. The molecule has 0 amide bonds. The first-order valence-electron chi connectivity index (χ1n) is 8.70. The van der Waals surface area contributed by atoms with E-state index in [2.05, 4.69) is 0 Å². The van der Waals surface area contributed by atoms with Crippen LogP contribution in [0.5, 0.6) is 5.75 Å². The van der Waals surface area contributed by atoms with Crippen LogP contribution < -0.4 is 0 Å². The largest absolute Gasteiger partial charge is 0.508 e. The first-order valence-corrected chi connectivity index (χ1v) is 8.70. The zero-order valence-electron chi connectivity index (χ0n) is 15.5. The van der Waals surface area contributed by atoms with Gasteiger partial charge in [-0.15, -0.1) is 0 Å². The molecule has 7 heteroatoms. The number of phenolic OH excluding ortho intramolecular Hbond substituents is 1. The normalized spacial score (nSPS) is 12.5.